The molecule has 1 heterocycles. The summed E-state index contributed by atoms with van der Waals surface area (Å²) in [5.74, 6) is 0.954. The minimum Gasteiger partial charge on any atom is -0.356 e. The maximum absolute atomic E-state index is 4.34. The summed E-state index contributed by atoms with van der Waals surface area (Å²) < 4.78 is 0. The van der Waals surface area contributed by atoms with Gasteiger partial charge in [0.25, 0.3) is 0 Å². The fourth-order valence-corrected chi connectivity index (χ4v) is 3.20. The quantitative estimate of drug-likeness (QED) is 0.345. The second-order valence-electron chi connectivity index (χ2n) is 7.02. The van der Waals surface area contributed by atoms with Crippen LogP contribution >= 0.6 is 0 Å². The lowest BCUT2D eigenvalue weighted by Crippen LogP contribution is -2.46. The Hall–Kier alpha value is -0.810. The monoisotopic (exact) mass is 339 g/mol. The lowest BCUT2D eigenvalue weighted by Gasteiger charge is -2.34. The Bertz CT molecular complexity index is 324. The predicted octanol–water partition coefficient (Wildman–Crippen LogP) is 2.54. The van der Waals surface area contributed by atoms with E-state index < -0.39 is 0 Å². The Kier molecular flexibility index (Phi) is 11.9. The third kappa shape index (κ3) is 9.48. The molecule has 0 amide bonds. The summed E-state index contributed by atoms with van der Waals surface area (Å²) in [6, 6.07) is 0.498. The molecule has 0 aliphatic carbocycles. The van der Waals surface area contributed by atoms with E-state index in [9.17, 15) is 0 Å². The Balaban J connectivity index is 2.04. The molecule has 5 nitrogen and oxygen atoms in total. The number of hydrogen-bond donors (Lipinski definition) is 2. The van der Waals surface area contributed by atoms with E-state index in [0.29, 0.717) is 6.04 Å². The van der Waals surface area contributed by atoms with Crippen molar-refractivity contribution < 1.29 is 0 Å². The van der Waals surface area contributed by atoms with Crippen LogP contribution in [0.2, 0.25) is 0 Å². The van der Waals surface area contributed by atoms with E-state index in [1.807, 2.05) is 7.05 Å². The van der Waals surface area contributed by atoms with Gasteiger partial charge in [0.1, 0.15) is 0 Å². The summed E-state index contributed by atoms with van der Waals surface area (Å²) in [5.41, 5.74) is 0. The first-order valence-corrected chi connectivity index (χ1v) is 10.1. The van der Waals surface area contributed by atoms with Crippen LogP contribution in [-0.4, -0.2) is 74.7 Å². The number of hydrogen-bond acceptors (Lipinski definition) is 3. The molecule has 1 unspecified atom stereocenters. The van der Waals surface area contributed by atoms with Crippen LogP contribution < -0.4 is 10.6 Å². The first-order valence-electron chi connectivity index (χ1n) is 10.1. The van der Waals surface area contributed by atoms with Gasteiger partial charge < -0.3 is 20.4 Å². The first kappa shape index (κ1) is 21.2. The van der Waals surface area contributed by atoms with E-state index >= 15 is 0 Å². The highest BCUT2D eigenvalue weighted by atomic mass is 15.3. The Morgan fingerprint density at radius 1 is 1.00 bits per heavy atom. The van der Waals surface area contributed by atoms with Gasteiger partial charge in [-0.15, -0.1) is 0 Å². The van der Waals surface area contributed by atoms with Crippen LogP contribution in [0.1, 0.15) is 59.3 Å². The molecule has 0 spiro atoms. The Morgan fingerprint density at radius 2 is 1.71 bits per heavy atom. The summed E-state index contributed by atoms with van der Waals surface area (Å²) in [6.07, 6.45) is 7.60. The van der Waals surface area contributed by atoms with Crippen molar-refractivity contribution in [2.75, 3.05) is 52.9 Å². The van der Waals surface area contributed by atoms with Crippen molar-refractivity contribution in [1.29, 1.82) is 0 Å². The zero-order valence-corrected chi connectivity index (χ0v) is 16.6. The molecule has 0 aromatic rings. The highest BCUT2D eigenvalue weighted by Crippen LogP contribution is 2.04. The smallest absolute Gasteiger partial charge is 0.191 e. The van der Waals surface area contributed by atoms with E-state index in [-0.39, 0.29) is 0 Å². The van der Waals surface area contributed by atoms with Gasteiger partial charge in [0.15, 0.2) is 5.96 Å². The molecule has 0 radical (unpaired) electrons. The van der Waals surface area contributed by atoms with Crippen LogP contribution in [0, 0.1) is 0 Å². The van der Waals surface area contributed by atoms with Gasteiger partial charge in [-0.1, -0.05) is 33.1 Å². The number of piperazine rings is 1. The van der Waals surface area contributed by atoms with E-state index in [4.69, 9.17) is 0 Å². The number of guanidine groups is 1. The van der Waals surface area contributed by atoms with Gasteiger partial charge >= 0.3 is 0 Å². The summed E-state index contributed by atoms with van der Waals surface area (Å²) in [4.78, 5) is 9.48. The molecule has 0 aromatic carbocycles. The van der Waals surface area contributed by atoms with E-state index in [1.165, 1.54) is 77.8 Å². The molecule has 1 fully saturated rings. The van der Waals surface area contributed by atoms with Crippen molar-refractivity contribution in [3.05, 3.63) is 0 Å². The average Bonchev–Trinajstić information content (AvgIpc) is 2.61. The third-order valence-electron chi connectivity index (χ3n) is 4.95. The van der Waals surface area contributed by atoms with Gasteiger partial charge in [0.2, 0.25) is 0 Å². The minimum atomic E-state index is 0.498. The van der Waals surface area contributed by atoms with E-state index in [0.717, 1.165) is 12.5 Å². The maximum atomic E-state index is 4.34. The Labute approximate surface area is 150 Å². The average molecular weight is 340 g/mol. The van der Waals surface area contributed by atoms with Crippen LogP contribution in [0.4, 0.5) is 0 Å². The highest BCUT2D eigenvalue weighted by molar-refractivity contribution is 5.79. The molecule has 0 saturated carbocycles. The van der Waals surface area contributed by atoms with Crippen LogP contribution in [0.5, 0.6) is 0 Å². The van der Waals surface area contributed by atoms with Gasteiger partial charge in [-0.2, -0.15) is 0 Å². The normalized spacial score (nSPS) is 18.6. The standard InChI is InChI=1S/C19H41N5/c1-5-7-8-11-18(3)22-19(20-4)21-12-9-10-13-24-16-14-23(6-2)15-17-24/h18H,5-17H2,1-4H3,(H2,20,21,22). The molecule has 1 aliphatic heterocycles. The second kappa shape index (κ2) is 13.5. The van der Waals surface area contributed by atoms with Gasteiger partial charge in [0, 0.05) is 45.8 Å². The topological polar surface area (TPSA) is 42.9 Å². The number of aliphatic imine (C=N–C) groups is 1. The van der Waals surface area contributed by atoms with E-state index in [1.54, 1.807) is 0 Å². The van der Waals surface area contributed by atoms with Crippen LogP contribution in [0.25, 0.3) is 0 Å². The molecule has 5 heteroatoms. The summed E-state index contributed by atoms with van der Waals surface area (Å²) in [7, 11) is 1.86. The third-order valence-corrected chi connectivity index (χ3v) is 4.95. The van der Waals surface area contributed by atoms with Crippen molar-refractivity contribution >= 4 is 5.96 Å². The molecule has 1 aliphatic rings. The molecule has 24 heavy (non-hydrogen) atoms. The molecule has 2 N–H and O–H groups in total. The number of unbranched alkanes of at least 4 members (excludes halogenated alkanes) is 3. The molecule has 0 aromatic heterocycles. The maximum Gasteiger partial charge on any atom is 0.191 e. The minimum absolute atomic E-state index is 0.498. The molecular formula is C19H41N5. The van der Waals surface area contributed by atoms with Crippen molar-refractivity contribution in [2.45, 2.75) is 65.3 Å². The molecule has 1 atom stereocenters. The van der Waals surface area contributed by atoms with Crippen molar-refractivity contribution in [3.8, 4) is 0 Å². The number of nitrogens with one attached hydrogen (secondary N) is 2. The number of likely N-dealkylation sites (N-methyl/N-ethyl adjacent to an activating group) is 1. The number of nitrogens with zero attached hydrogens (tertiary/aromatic N) is 3. The number of rotatable bonds is 11. The molecule has 0 bridgehead atoms. The van der Waals surface area contributed by atoms with Crippen LogP contribution in [-0.2, 0) is 0 Å². The largest absolute Gasteiger partial charge is 0.356 e. The summed E-state index contributed by atoms with van der Waals surface area (Å²) >= 11 is 0. The molecular weight excluding hydrogens is 298 g/mol. The van der Waals surface area contributed by atoms with Gasteiger partial charge in [-0.05, 0) is 39.3 Å². The lowest BCUT2D eigenvalue weighted by molar-refractivity contribution is 0.136. The van der Waals surface area contributed by atoms with Crippen molar-refractivity contribution in [1.82, 2.24) is 20.4 Å². The van der Waals surface area contributed by atoms with Gasteiger partial charge in [0.05, 0.1) is 0 Å². The SMILES string of the molecule is CCCCCC(C)NC(=NC)NCCCCN1CCN(CC)CC1. The summed E-state index contributed by atoms with van der Waals surface area (Å²) in [5, 5.41) is 6.96. The lowest BCUT2D eigenvalue weighted by atomic mass is 10.1. The van der Waals surface area contributed by atoms with Gasteiger partial charge in [-0.3, -0.25) is 4.99 Å². The summed E-state index contributed by atoms with van der Waals surface area (Å²) in [6.45, 7) is 15.1. The molecule has 1 rings (SSSR count). The fourth-order valence-electron chi connectivity index (χ4n) is 3.20. The van der Waals surface area contributed by atoms with Gasteiger partial charge in [-0.25, -0.2) is 0 Å². The first-order chi connectivity index (χ1) is 11.7. The zero-order chi connectivity index (χ0) is 17.6. The second-order valence-corrected chi connectivity index (χ2v) is 7.02. The van der Waals surface area contributed by atoms with Crippen molar-refractivity contribution in [2.24, 2.45) is 4.99 Å². The predicted molar refractivity (Wildman–Crippen MR) is 106 cm³/mol. The van der Waals surface area contributed by atoms with Crippen molar-refractivity contribution in [3.63, 3.8) is 0 Å². The van der Waals surface area contributed by atoms with E-state index in [2.05, 4.69) is 46.2 Å². The van der Waals surface area contributed by atoms with Crippen LogP contribution in [0.15, 0.2) is 4.99 Å². The fraction of sp³-hybridized carbons (Fsp3) is 0.947. The Morgan fingerprint density at radius 3 is 2.33 bits per heavy atom. The zero-order valence-electron chi connectivity index (χ0n) is 16.6. The van der Waals surface area contributed by atoms with Crippen LogP contribution in [0.3, 0.4) is 0 Å². The molecule has 1 saturated heterocycles. The highest BCUT2D eigenvalue weighted by Gasteiger charge is 2.14. The molecule has 142 valence electrons.